The van der Waals surface area contributed by atoms with Gasteiger partial charge in [0.05, 0.1) is 11.4 Å². The number of aryl methyl sites for hydroxylation is 1. The van der Waals surface area contributed by atoms with Crippen molar-refractivity contribution in [2.24, 2.45) is 5.41 Å². The molecule has 2 aliphatic heterocycles. The quantitative estimate of drug-likeness (QED) is 0.660. The van der Waals surface area contributed by atoms with Gasteiger partial charge >= 0.3 is 0 Å². The number of aromatic nitrogens is 1. The summed E-state index contributed by atoms with van der Waals surface area (Å²) in [6, 6.07) is 3.60. The van der Waals surface area contributed by atoms with E-state index in [4.69, 9.17) is 0 Å². The SMILES string of the molecule is CCC12CNCCC1(O)c1c(cc3nc(C)c(C4CCC(=O)NC4=O)cc3c1F)C2. The summed E-state index contributed by atoms with van der Waals surface area (Å²) in [7, 11) is 0. The second-order valence-corrected chi connectivity index (χ2v) is 9.06. The van der Waals surface area contributed by atoms with Gasteiger partial charge in [-0.1, -0.05) is 6.92 Å². The first-order chi connectivity index (χ1) is 14.3. The number of carbonyl (C=O) groups excluding carboxylic acids is 2. The Hall–Kier alpha value is -2.38. The van der Waals surface area contributed by atoms with Crippen molar-refractivity contribution < 1.29 is 19.1 Å². The van der Waals surface area contributed by atoms with E-state index in [2.05, 4.69) is 15.6 Å². The summed E-state index contributed by atoms with van der Waals surface area (Å²) in [6.45, 7) is 5.15. The second kappa shape index (κ2) is 6.56. The first-order valence-corrected chi connectivity index (χ1v) is 10.7. The number of nitrogens with one attached hydrogen (secondary N) is 2. The van der Waals surface area contributed by atoms with Crippen molar-refractivity contribution in [2.45, 2.75) is 57.5 Å². The van der Waals surface area contributed by atoms with Crippen LogP contribution in [0.25, 0.3) is 10.9 Å². The molecule has 2 saturated heterocycles. The van der Waals surface area contributed by atoms with Gasteiger partial charge in [0, 0.05) is 35.0 Å². The first kappa shape index (κ1) is 19.6. The van der Waals surface area contributed by atoms with Gasteiger partial charge in [-0.15, -0.1) is 0 Å². The smallest absolute Gasteiger partial charge is 0.234 e. The summed E-state index contributed by atoms with van der Waals surface area (Å²) in [5.74, 6) is -1.60. The van der Waals surface area contributed by atoms with Crippen LogP contribution in [0.4, 0.5) is 4.39 Å². The number of pyridine rings is 1. The zero-order valence-electron chi connectivity index (χ0n) is 17.3. The van der Waals surface area contributed by atoms with Crippen LogP contribution >= 0.6 is 0 Å². The number of piperidine rings is 2. The van der Waals surface area contributed by atoms with Crippen LogP contribution in [0, 0.1) is 18.2 Å². The van der Waals surface area contributed by atoms with E-state index < -0.39 is 22.8 Å². The van der Waals surface area contributed by atoms with Crippen LogP contribution in [0.2, 0.25) is 0 Å². The van der Waals surface area contributed by atoms with Gasteiger partial charge in [0.2, 0.25) is 11.8 Å². The average molecular weight is 411 g/mol. The predicted molar refractivity (Wildman–Crippen MR) is 109 cm³/mol. The zero-order valence-corrected chi connectivity index (χ0v) is 17.3. The van der Waals surface area contributed by atoms with Gasteiger partial charge in [-0.3, -0.25) is 19.9 Å². The van der Waals surface area contributed by atoms with E-state index in [9.17, 15) is 14.7 Å². The molecule has 0 saturated carbocycles. The van der Waals surface area contributed by atoms with Gasteiger partial charge in [-0.2, -0.15) is 0 Å². The molecule has 1 aliphatic carbocycles. The van der Waals surface area contributed by atoms with E-state index in [1.807, 2.05) is 19.9 Å². The van der Waals surface area contributed by atoms with Crippen LogP contribution in [0.5, 0.6) is 0 Å². The molecule has 3 heterocycles. The zero-order chi connectivity index (χ0) is 21.3. The molecule has 0 radical (unpaired) electrons. The normalized spacial score (nSPS) is 30.9. The van der Waals surface area contributed by atoms with Crippen LogP contribution in [-0.4, -0.2) is 35.0 Å². The number of amides is 2. The third-order valence-electron chi connectivity index (χ3n) is 7.61. The molecule has 30 heavy (non-hydrogen) atoms. The molecule has 2 fully saturated rings. The van der Waals surface area contributed by atoms with E-state index in [0.29, 0.717) is 60.1 Å². The minimum absolute atomic E-state index is 0.256. The van der Waals surface area contributed by atoms with Crippen LogP contribution < -0.4 is 10.6 Å². The number of aliphatic hydroxyl groups is 1. The van der Waals surface area contributed by atoms with E-state index in [1.165, 1.54) is 0 Å². The molecule has 3 aliphatic rings. The number of halogens is 1. The highest BCUT2D eigenvalue weighted by atomic mass is 19.1. The molecule has 3 N–H and O–H groups in total. The molecule has 5 rings (SSSR count). The molecule has 6 nitrogen and oxygen atoms in total. The van der Waals surface area contributed by atoms with Crippen molar-refractivity contribution in [3.8, 4) is 0 Å². The maximum atomic E-state index is 16.0. The number of fused-ring (bicyclic) bond motifs is 4. The number of nitrogens with zero attached hydrogens (tertiary/aromatic N) is 1. The minimum Gasteiger partial charge on any atom is -0.384 e. The average Bonchev–Trinajstić information content (AvgIpc) is 2.97. The maximum absolute atomic E-state index is 16.0. The Morgan fingerprint density at radius 3 is 2.87 bits per heavy atom. The number of rotatable bonds is 2. The Kier molecular flexibility index (Phi) is 4.28. The lowest BCUT2D eigenvalue weighted by atomic mass is 9.67. The van der Waals surface area contributed by atoms with E-state index >= 15 is 4.39 Å². The fraction of sp³-hybridized carbons (Fsp3) is 0.522. The van der Waals surface area contributed by atoms with E-state index in [0.717, 1.165) is 12.0 Å². The predicted octanol–water partition coefficient (Wildman–Crippen LogP) is 2.34. The highest BCUT2D eigenvalue weighted by Gasteiger charge is 2.58. The monoisotopic (exact) mass is 411 g/mol. The van der Waals surface area contributed by atoms with Gasteiger partial charge in [0.25, 0.3) is 0 Å². The number of imide groups is 1. The highest BCUT2D eigenvalue weighted by molar-refractivity contribution is 6.01. The molecule has 3 atom stereocenters. The molecular weight excluding hydrogens is 385 g/mol. The Balaban J connectivity index is 1.69. The number of hydrogen-bond donors (Lipinski definition) is 3. The van der Waals surface area contributed by atoms with Gasteiger partial charge in [0.1, 0.15) is 11.4 Å². The summed E-state index contributed by atoms with van der Waals surface area (Å²) in [5.41, 5.74) is 1.45. The largest absolute Gasteiger partial charge is 0.384 e. The van der Waals surface area contributed by atoms with E-state index in [-0.39, 0.29) is 18.2 Å². The van der Waals surface area contributed by atoms with Crippen LogP contribution in [-0.2, 0) is 21.6 Å². The molecule has 0 bridgehead atoms. The molecular formula is C23H26FN3O3. The highest BCUT2D eigenvalue weighted by Crippen LogP contribution is 2.56. The van der Waals surface area contributed by atoms with Crippen molar-refractivity contribution in [3.05, 3.63) is 40.3 Å². The van der Waals surface area contributed by atoms with Gasteiger partial charge in [0.15, 0.2) is 0 Å². The molecule has 1 aromatic heterocycles. The summed E-state index contributed by atoms with van der Waals surface area (Å²) in [6.07, 6.45) is 2.47. The van der Waals surface area contributed by atoms with Crippen LogP contribution in [0.15, 0.2) is 12.1 Å². The molecule has 3 unspecified atom stereocenters. The summed E-state index contributed by atoms with van der Waals surface area (Å²) in [4.78, 5) is 28.5. The summed E-state index contributed by atoms with van der Waals surface area (Å²) < 4.78 is 16.0. The standard InChI is InChI=1S/C23H26FN3O3/c1-3-22-10-13-8-17-16(20(24)19(13)23(22,30)6-7-25-11-22)9-15(12(2)26-17)14-4-5-18(28)27-21(14)29/h8-9,14,25,30H,3-7,10-11H2,1-2H3,(H,27,28,29). The second-order valence-electron chi connectivity index (χ2n) is 9.06. The van der Waals surface area contributed by atoms with Crippen LogP contribution in [0.3, 0.4) is 0 Å². The van der Waals surface area contributed by atoms with E-state index in [1.54, 1.807) is 6.07 Å². The molecule has 7 heteroatoms. The Labute approximate surface area is 174 Å². The Bertz CT molecular complexity index is 1100. The molecule has 2 amide bonds. The van der Waals surface area contributed by atoms with Crippen LogP contribution in [0.1, 0.15) is 60.9 Å². The lowest BCUT2D eigenvalue weighted by molar-refractivity contribution is -0.134. The fourth-order valence-corrected chi connectivity index (χ4v) is 5.88. The van der Waals surface area contributed by atoms with Crippen molar-refractivity contribution in [1.29, 1.82) is 0 Å². The first-order valence-electron chi connectivity index (χ1n) is 10.7. The molecule has 1 aromatic carbocycles. The number of benzene rings is 1. The van der Waals surface area contributed by atoms with Gasteiger partial charge < -0.3 is 10.4 Å². The third-order valence-corrected chi connectivity index (χ3v) is 7.61. The number of hydrogen-bond acceptors (Lipinski definition) is 5. The van der Waals surface area contributed by atoms with Crippen molar-refractivity contribution in [2.75, 3.05) is 13.1 Å². The lowest BCUT2D eigenvalue weighted by Gasteiger charge is -2.46. The Morgan fingerprint density at radius 1 is 1.33 bits per heavy atom. The lowest BCUT2D eigenvalue weighted by Crippen LogP contribution is -2.54. The molecule has 158 valence electrons. The van der Waals surface area contributed by atoms with Crippen molar-refractivity contribution >= 4 is 22.7 Å². The maximum Gasteiger partial charge on any atom is 0.234 e. The summed E-state index contributed by atoms with van der Waals surface area (Å²) in [5, 5.41) is 17.8. The van der Waals surface area contributed by atoms with Crippen molar-refractivity contribution in [1.82, 2.24) is 15.6 Å². The van der Waals surface area contributed by atoms with Gasteiger partial charge in [-0.05, 0) is 62.4 Å². The summed E-state index contributed by atoms with van der Waals surface area (Å²) >= 11 is 0. The fourth-order valence-electron chi connectivity index (χ4n) is 5.88. The number of carbonyl (C=O) groups is 2. The Morgan fingerprint density at radius 2 is 2.13 bits per heavy atom. The van der Waals surface area contributed by atoms with Crippen molar-refractivity contribution in [3.63, 3.8) is 0 Å². The minimum atomic E-state index is -1.21. The molecule has 2 aromatic rings. The topological polar surface area (TPSA) is 91.3 Å². The third kappa shape index (κ3) is 2.51. The van der Waals surface area contributed by atoms with Gasteiger partial charge in [-0.25, -0.2) is 4.39 Å². The molecule has 0 spiro atoms.